The fourth-order valence-corrected chi connectivity index (χ4v) is 3.37. The number of nitro benzene ring substituents is 1. The molecule has 0 saturated heterocycles. The second-order valence-electron chi connectivity index (χ2n) is 3.75. The van der Waals surface area contributed by atoms with Gasteiger partial charge in [-0.15, -0.1) is 11.8 Å². The molecule has 98 valence electrons. The van der Waals surface area contributed by atoms with Crippen molar-refractivity contribution in [2.45, 2.75) is 10.6 Å². The monoisotopic (exact) mass is 357 g/mol. The lowest BCUT2D eigenvalue weighted by molar-refractivity contribution is -0.387. The number of para-hydroxylation sites is 1. The van der Waals surface area contributed by atoms with Gasteiger partial charge in [-0.1, -0.05) is 45.7 Å². The standard InChI is InChI=1S/C13H9BrClNO2S/c14-10-6-5-9(11(15)7-10)8-19-13-4-2-1-3-12(13)16(17)18/h1-7H,8H2. The Kier molecular flexibility index (Phi) is 4.85. The summed E-state index contributed by atoms with van der Waals surface area (Å²) in [5, 5.41) is 11.6. The highest BCUT2D eigenvalue weighted by atomic mass is 79.9. The highest BCUT2D eigenvalue weighted by Crippen LogP contribution is 2.33. The minimum Gasteiger partial charge on any atom is -0.258 e. The van der Waals surface area contributed by atoms with E-state index in [4.69, 9.17) is 11.6 Å². The summed E-state index contributed by atoms with van der Waals surface area (Å²) in [4.78, 5) is 11.2. The van der Waals surface area contributed by atoms with Gasteiger partial charge in [0.25, 0.3) is 5.69 Å². The number of nitrogens with zero attached hydrogens (tertiary/aromatic N) is 1. The first-order chi connectivity index (χ1) is 9.08. The van der Waals surface area contributed by atoms with Gasteiger partial charge in [0.1, 0.15) is 0 Å². The molecule has 0 aliphatic rings. The zero-order chi connectivity index (χ0) is 13.8. The van der Waals surface area contributed by atoms with Gasteiger partial charge in [0.05, 0.1) is 9.82 Å². The Morgan fingerprint density at radius 3 is 2.68 bits per heavy atom. The largest absolute Gasteiger partial charge is 0.282 e. The summed E-state index contributed by atoms with van der Waals surface area (Å²) in [7, 11) is 0. The van der Waals surface area contributed by atoms with Crippen LogP contribution in [0.1, 0.15) is 5.56 Å². The molecule has 3 nitrogen and oxygen atoms in total. The number of rotatable bonds is 4. The van der Waals surface area contributed by atoms with Crippen LogP contribution < -0.4 is 0 Å². The van der Waals surface area contributed by atoms with Gasteiger partial charge in [-0.05, 0) is 23.8 Å². The fourth-order valence-electron chi connectivity index (χ4n) is 1.52. The quantitative estimate of drug-likeness (QED) is 0.423. The predicted molar refractivity (Wildman–Crippen MR) is 81.8 cm³/mol. The highest BCUT2D eigenvalue weighted by molar-refractivity contribution is 9.10. The average Bonchev–Trinajstić information content (AvgIpc) is 2.38. The molecule has 0 saturated carbocycles. The molecule has 19 heavy (non-hydrogen) atoms. The van der Waals surface area contributed by atoms with Crippen LogP contribution in [0.25, 0.3) is 0 Å². The maximum Gasteiger partial charge on any atom is 0.282 e. The summed E-state index contributed by atoms with van der Waals surface area (Å²) in [6.45, 7) is 0. The van der Waals surface area contributed by atoms with Gasteiger partial charge in [0.15, 0.2) is 0 Å². The Bertz CT molecular complexity index is 621. The van der Waals surface area contributed by atoms with E-state index in [2.05, 4.69) is 15.9 Å². The summed E-state index contributed by atoms with van der Waals surface area (Å²) < 4.78 is 0.914. The van der Waals surface area contributed by atoms with Gasteiger partial charge in [-0.25, -0.2) is 0 Å². The third-order valence-corrected chi connectivity index (χ3v) is 4.42. The van der Waals surface area contributed by atoms with Crippen molar-refractivity contribution in [2.75, 3.05) is 0 Å². The third kappa shape index (κ3) is 3.72. The first kappa shape index (κ1) is 14.4. The number of thioether (sulfide) groups is 1. The summed E-state index contributed by atoms with van der Waals surface area (Å²) in [5.41, 5.74) is 1.08. The molecule has 0 heterocycles. The minimum absolute atomic E-state index is 0.126. The van der Waals surface area contributed by atoms with Crippen LogP contribution in [-0.2, 0) is 5.75 Å². The molecule has 0 radical (unpaired) electrons. The number of hydrogen-bond acceptors (Lipinski definition) is 3. The van der Waals surface area contributed by atoms with Crippen molar-refractivity contribution in [1.82, 2.24) is 0 Å². The van der Waals surface area contributed by atoms with E-state index in [1.165, 1.54) is 17.8 Å². The molecule has 0 unspecified atom stereocenters. The van der Waals surface area contributed by atoms with E-state index in [0.29, 0.717) is 15.7 Å². The van der Waals surface area contributed by atoms with E-state index in [1.807, 2.05) is 18.2 Å². The lowest BCUT2D eigenvalue weighted by Crippen LogP contribution is -1.91. The summed E-state index contributed by atoms with van der Waals surface area (Å²) >= 11 is 10.9. The van der Waals surface area contributed by atoms with Gasteiger partial charge in [-0.2, -0.15) is 0 Å². The van der Waals surface area contributed by atoms with E-state index in [0.717, 1.165) is 10.0 Å². The summed E-state index contributed by atoms with van der Waals surface area (Å²) in [5.74, 6) is 0.594. The van der Waals surface area contributed by atoms with Gasteiger partial charge in [0, 0.05) is 21.3 Å². The van der Waals surface area contributed by atoms with Gasteiger partial charge < -0.3 is 0 Å². The van der Waals surface area contributed by atoms with Gasteiger partial charge >= 0.3 is 0 Å². The van der Waals surface area contributed by atoms with Crippen LogP contribution in [-0.4, -0.2) is 4.92 Å². The molecular formula is C13H9BrClNO2S. The second-order valence-corrected chi connectivity index (χ2v) is 6.09. The van der Waals surface area contributed by atoms with Crippen molar-refractivity contribution in [3.63, 3.8) is 0 Å². The van der Waals surface area contributed by atoms with Crippen molar-refractivity contribution < 1.29 is 4.92 Å². The Labute approximate surface area is 128 Å². The third-order valence-electron chi connectivity index (χ3n) is 2.46. The number of hydrogen-bond donors (Lipinski definition) is 0. The first-order valence-corrected chi connectivity index (χ1v) is 7.54. The maximum absolute atomic E-state index is 10.9. The molecule has 0 fully saturated rings. The molecule has 0 amide bonds. The van der Waals surface area contributed by atoms with E-state index >= 15 is 0 Å². The number of halogens is 2. The molecular weight excluding hydrogens is 350 g/mol. The average molecular weight is 359 g/mol. The van der Waals surface area contributed by atoms with Crippen LogP contribution in [0, 0.1) is 10.1 Å². The van der Waals surface area contributed by atoms with E-state index in [1.54, 1.807) is 18.2 Å². The van der Waals surface area contributed by atoms with Crippen molar-refractivity contribution in [3.8, 4) is 0 Å². The molecule has 0 aliphatic heterocycles. The fraction of sp³-hybridized carbons (Fsp3) is 0.0769. The van der Waals surface area contributed by atoms with E-state index in [9.17, 15) is 10.1 Å². The van der Waals surface area contributed by atoms with Crippen LogP contribution in [0.2, 0.25) is 5.02 Å². The smallest absolute Gasteiger partial charge is 0.258 e. The summed E-state index contributed by atoms with van der Waals surface area (Å²) in [6, 6.07) is 12.3. The molecule has 2 rings (SSSR count). The zero-order valence-corrected chi connectivity index (χ0v) is 12.8. The Morgan fingerprint density at radius 2 is 2.00 bits per heavy atom. The molecule has 0 spiro atoms. The lowest BCUT2D eigenvalue weighted by Gasteiger charge is -2.05. The van der Waals surface area contributed by atoms with Crippen LogP contribution in [0.5, 0.6) is 0 Å². The molecule has 0 aliphatic carbocycles. The Balaban J connectivity index is 2.17. The molecule has 0 aromatic heterocycles. The van der Waals surface area contributed by atoms with Crippen molar-refractivity contribution in [3.05, 3.63) is 67.6 Å². The van der Waals surface area contributed by atoms with Crippen LogP contribution in [0.4, 0.5) is 5.69 Å². The van der Waals surface area contributed by atoms with E-state index < -0.39 is 0 Å². The van der Waals surface area contributed by atoms with Crippen LogP contribution in [0.3, 0.4) is 0 Å². The minimum atomic E-state index is -0.370. The molecule has 0 N–H and O–H groups in total. The van der Waals surface area contributed by atoms with Crippen molar-refractivity contribution in [1.29, 1.82) is 0 Å². The molecule has 2 aromatic rings. The van der Waals surface area contributed by atoms with Gasteiger partial charge in [0.2, 0.25) is 0 Å². The Hall–Kier alpha value is -1.04. The number of nitro groups is 1. The van der Waals surface area contributed by atoms with Crippen molar-refractivity contribution in [2.24, 2.45) is 0 Å². The summed E-state index contributed by atoms with van der Waals surface area (Å²) in [6.07, 6.45) is 0. The molecule has 0 bridgehead atoms. The zero-order valence-electron chi connectivity index (χ0n) is 9.68. The first-order valence-electron chi connectivity index (χ1n) is 5.38. The molecule has 6 heteroatoms. The molecule has 0 atom stereocenters. The lowest BCUT2D eigenvalue weighted by atomic mass is 10.2. The molecule has 2 aromatic carbocycles. The van der Waals surface area contributed by atoms with E-state index in [-0.39, 0.29) is 10.6 Å². The normalized spacial score (nSPS) is 10.4. The highest BCUT2D eigenvalue weighted by Gasteiger charge is 2.13. The number of benzene rings is 2. The maximum atomic E-state index is 10.9. The Morgan fingerprint density at radius 1 is 1.26 bits per heavy atom. The SMILES string of the molecule is O=[N+]([O-])c1ccccc1SCc1ccc(Br)cc1Cl. The topological polar surface area (TPSA) is 43.1 Å². The van der Waals surface area contributed by atoms with Crippen molar-refractivity contribution >= 4 is 45.0 Å². The van der Waals surface area contributed by atoms with Crippen LogP contribution >= 0.6 is 39.3 Å². The predicted octanol–water partition coefficient (Wildman–Crippen LogP) is 5.30. The van der Waals surface area contributed by atoms with Crippen LogP contribution in [0.15, 0.2) is 51.8 Å². The van der Waals surface area contributed by atoms with Gasteiger partial charge in [-0.3, -0.25) is 10.1 Å². The second kappa shape index (κ2) is 6.41.